The third-order valence-electron chi connectivity index (χ3n) is 6.93. The van der Waals surface area contributed by atoms with Crippen molar-refractivity contribution in [2.45, 2.75) is 0 Å². The van der Waals surface area contributed by atoms with E-state index in [1.165, 1.54) is 31.8 Å². The van der Waals surface area contributed by atoms with Gasteiger partial charge in [0.05, 0.1) is 0 Å². The average molecular weight is 722 g/mol. The molecule has 0 aliphatic rings. The van der Waals surface area contributed by atoms with Crippen molar-refractivity contribution in [3.8, 4) is 0 Å². The summed E-state index contributed by atoms with van der Waals surface area (Å²) in [5.74, 6) is 0. The van der Waals surface area contributed by atoms with Gasteiger partial charge in [-0.2, -0.15) is 24.6 Å². The van der Waals surface area contributed by atoms with Crippen LogP contribution >= 0.6 is 15.8 Å². The van der Waals surface area contributed by atoms with Crippen LogP contribution in [0.4, 0.5) is 0 Å². The number of rotatable bonds is 6. The maximum absolute atomic E-state index is 3.72. The molecular formula is C43H37P2Pd-. The second-order valence-electron chi connectivity index (χ2n) is 10.2. The summed E-state index contributed by atoms with van der Waals surface area (Å²) in [5, 5.41) is 8.39. The van der Waals surface area contributed by atoms with Gasteiger partial charge >= 0.3 is 0 Å². The Balaban J connectivity index is 0.000000170. The van der Waals surface area contributed by atoms with Crippen LogP contribution in [0.2, 0.25) is 0 Å². The fourth-order valence-electron chi connectivity index (χ4n) is 4.83. The summed E-state index contributed by atoms with van der Waals surface area (Å²) in [6.45, 7) is 3.72. The van der Waals surface area contributed by atoms with E-state index in [9.17, 15) is 0 Å². The van der Waals surface area contributed by atoms with Gasteiger partial charge < -0.3 is 0 Å². The molecule has 0 spiro atoms. The summed E-state index contributed by atoms with van der Waals surface area (Å²) in [7, 11) is -0.892. The molecule has 0 saturated heterocycles. The molecule has 0 aliphatic heterocycles. The van der Waals surface area contributed by atoms with Crippen molar-refractivity contribution in [3.05, 3.63) is 225 Å². The van der Waals surface area contributed by atoms with Gasteiger partial charge in [-0.25, -0.2) is 0 Å². The second kappa shape index (κ2) is 19.4. The normalized spacial score (nSPS) is 10.0. The van der Waals surface area contributed by atoms with Gasteiger partial charge in [-0.1, -0.05) is 188 Å². The fourth-order valence-corrected chi connectivity index (χ4v) is 9.45. The van der Waals surface area contributed by atoms with Gasteiger partial charge in [-0.15, -0.1) is 12.1 Å². The van der Waals surface area contributed by atoms with E-state index in [0.717, 1.165) is 5.56 Å². The fraction of sp³-hybridized carbons (Fsp3) is 0. The van der Waals surface area contributed by atoms with Crippen LogP contribution in [0.15, 0.2) is 212 Å². The van der Waals surface area contributed by atoms with Gasteiger partial charge in [0.15, 0.2) is 0 Å². The number of hydrogen-bond donors (Lipinski definition) is 0. The molecule has 7 aromatic carbocycles. The first kappa shape index (κ1) is 34.8. The molecule has 0 unspecified atom stereocenters. The van der Waals surface area contributed by atoms with E-state index in [-0.39, 0.29) is 20.4 Å². The largest absolute Gasteiger partial charge is 0.199 e. The van der Waals surface area contributed by atoms with Crippen LogP contribution < -0.4 is 31.8 Å². The van der Waals surface area contributed by atoms with Gasteiger partial charge in [0.1, 0.15) is 0 Å². The monoisotopic (exact) mass is 721 g/mol. The van der Waals surface area contributed by atoms with Crippen LogP contribution in [0.5, 0.6) is 0 Å². The number of hydrogen-bond acceptors (Lipinski definition) is 0. The summed E-state index contributed by atoms with van der Waals surface area (Å²) in [4.78, 5) is 0. The Labute approximate surface area is 291 Å². The molecule has 0 aliphatic carbocycles. The van der Waals surface area contributed by atoms with Crippen LogP contribution in [0.1, 0.15) is 5.56 Å². The molecule has 0 N–H and O–H groups in total. The molecule has 7 rings (SSSR count). The zero-order valence-corrected chi connectivity index (χ0v) is 29.0. The Hall–Kier alpha value is -4.07. The topological polar surface area (TPSA) is 0 Å². The quantitative estimate of drug-likeness (QED) is 0.0916. The second-order valence-corrected chi connectivity index (χ2v) is 14.6. The predicted molar refractivity (Wildman–Crippen MR) is 201 cm³/mol. The van der Waals surface area contributed by atoms with Gasteiger partial charge in [0.25, 0.3) is 0 Å². The maximum atomic E-state index is 3.72. The van der Waals surface area contributed by atoms with E-state index in [2.05, 4.69) is 189 Å². The van der Waals surface area contributed by atoms with Crippen LogP contribution in [0.25, 0.3) is 0 Å². The van der Waals surface area contributed by atoms with Crippen molar-refractivity contribution in [3.63, 3.8) is 0 Å². The molecule has 46 heavy (non-hydrogen) atoms. The molecule has 0 amide bonds. The molecule has 0 bridgehead atoms. The van der Waals surface area contributed by atoms with Crippen molar-refractivity contribution in [1.29, 1.82) is 0 Å². The molecule has 0 aromatic heterocycles. The molecule has 0 atom stereocenters. The van der Waals surface area contributed by atoms with E-state index in [1.807, 2.05) is 30.3 Å². The van der Waals surface area contributed by atoms with Gasteiger partial charge in [-0.3, -0.25) is 0 Å². The van der Waals surface area contributed by atoms with Gasteiger partial charge in [0, 0.05) is 20.4 Å². The zero-order valence-electron chi connectivity index (χ0n) is 25.6. The summed E-state index contributed by atoms with van der Waals surface area (Å²) in [5.41, 5.74) is 1.07. The zero-order chi connectivity index (χ0) is 30.9. The molecule has 0 fully saturated rings. The van der Waals surface area contributed by atoms with Crippen molar-refractivity contribution in [1.82, 2.24) is 0 Å². The Morgan fingerprint density at radius 1 is 0.239 bits per heavy atom. The van der Waals surface area contributed by atoms with Gasteiger partial charge in [0.2, 0.25) is 0 Å². The Morgan fingerprint density at radius 3 is 0.522 bits per heavy atom. The minimum absolute atomic E-state index is 0. The third kappa shape index (κ3) is 10.5. The van der Waals surface area contributed by atoms with E-state index < -0.39 is 15.8 Å². The van der Waals surface area contributed by atoms with Gasteiger partial charge in [-0.05, 0) is 47.7 Å². The average Bonchev–Trinajstić information content (AvgIpc) is 3.12. The standard InChI is InChI=1S/2C18H15P.C7H7.Pd/c2*1-4-10-16(11-5-1)19(17-12-6-2-7-13-17)18-14-8-3-9-15-18;1-7-5-3-2-4-6-7;/h2*1-15H;2-6H,1H2;/q;;-1;. The molecule has 0 saturated carbocycles. The molecule has 7 aromatic rings. The first-order valence-corrected chi connectivity index (χ1v) is 17.8. The third-order valence-corrected chi connectivity index (χ3v) is 11.8. The minimum Gasteiger partial charge on any atom is -0.199 e. The van der Waals surface area contributed by atoms with Crippen LogP contribution in [-0.4, -0.2) is 0 Å². The Bertz CT molecular complexity index is 1460. The van der Waals surface area contributed by atoms with E-state index in [1.54, 1.807) is 0 Å². The first-order valence-electron chi connectivity index (χ1n) is 15.1. The molecule has 0 heterocycles. The molecule has 0 nitrogen and oxygen atoms in total. The van der Waals surface area contributed by atoms with E-state index >= 15 is 0 Å². The summed E-state index contributed by atoms with van der Waals surface area (Å²) >= 11 is 0. The predicted octanol–water partition coefficient (Wildman–Crippen LogP) is 8.76. The smallest absolute Gasteiger partial charge is 0 e. The molecule has 3 heteroatoms. The van der Waals surface area contributed by atoms with Crippen LogP contribution in [-0.2, 0) is 20.4 Å². The van der Waals surface area contributed by atoms with Crippen molar-refractivity contribution in [2.24, 2.45) is 0 Å². The van der Waals surface area contributed by atoms with Crippen molar-refractivity contribution in [2.75, 3.05) is 0 Å². The van der Waals surface area contributed by atoms with E-state index in [0.29, 0.717) is 0 Å². The van der Waals surface area contributed by atoms with Crippen molar-refractivity contribution >= 4 is 47.7 Å². The van der Waals surface area contributed by atoms with Crippen LogP contribution in [0, 0.1) is 6.92 Å². The van der Waals surface area contributed by atoms with Crippen molar-refractivity contribution < 1.29 is 20.4 Å². The molecular weight excluding hydrogens is 685 g/mol. The Kier molecular flexibility index (Phi) is 14.7. The first-order chi connectivity index (χ1) is 22.3. The summed E-state index contributed by atoms with van der Waals surface area (Å²) in [6.07, 6.45) is 0. The SMILES string of the molecule is [CH2-]c1ccccc1.[Pd].c1ccc(P(c2ccccc2)c2ccccc2)cc1.c1ccc(P(c2ccccc2)c2ccccc2)cc1. The maximum Gasteiger partial charge on any atom is 0 e. The number of benzene rings is 7. The van der Waals surface area contributed by atoms with E-state index in [4.69, 9.17) is 0 Å². The van der Waals surface area contributed by atoms with Crippen LogP contribution in [0.3, 0.4) is 0 Å². The molecule has 0 radical (unpaired) electrons. The molecule has 230 valence electrons. The Morgan fingerprint density at radius 2 is 0.391 bits per heavy atom. The minimum atomic E-state index is -0.446. The summed E-state index contributed by atoms with van der Waals surface area (Å²) in [6, 6.07) is 74.5. The summed E-state index contributed by atoms with van der Waals surface area (Å²) < 4.78 is 0.